The van der Waals surface area contributed by atoms with Gasteiger partial charge in [-0.3, -0.25) is 9.59 Å². The van der Waals surface area contributed by atoms with Crippen LogP contribution in [0.5, 0.6) is 0 Å². The molecule has 1 fully saturated rings. The van der Waals surface area contributed by atoms with Crippen LogP contribution in [-0.4, -0.2) is 51.8 Å². The summed E-state index contributed by atoms with van der Waals surface area (Å²) in [7, 11) is -2.18. The second-order valence-corrected chi connectivity index (χ2v) is 12.3. The molecule has 2 amide bonds. The van der Waals surface area contributed by atoms with E-state index in [1.807, 2.05) is 18.2 Å². The molecule has 0 aromatic heterocycles. The topological polar surface area (TPSA) is 95.6 Å². The molecule has 196 valence electrons. The second-order valence-electron chi connectivity index (χ2n) is 10.6. The number of hydrogen-bond donors (Lipinski definition) is 2. The standard InChI is InChI=1S/C28H39N3O4S/c1-28(2,3)24-13-11-22(12-14-24)23-8-6-9-25(19-23)36(34,35)30-20-27(33)31-17-15-21(16-18-31)7-5-10-26(32)29-4/h6,8-9,11-14,19,21,30H,5,7,10,15-18,20H2,1-4H3,(H,29,32). The van der Waals surface area contributed by atoms with Gasteiger partial charge in [0.1, 0.15) is 0 Å². The summed E-state index contributed by atoms with van der Waals surface area (Å²) in [6, 6.07) is 14.9. The molecule has 0 atom stereocenters. The number of amides is 2. The Balaban J connectivity index is 1.54. The van der Waals surface area contributed by atoms with Crippen molar-refractivity contribution in [2.75, 3.05) is 26.7 Å². The van der Waals surface area contributed by atoms with E-state index in [-0.39, 0.29) is 28.7 Å². The predicted molar refractivity (Wildman–Crippen MR) is 143 cm³/mol. The fourth-order valence-corrected chi connectivity index (χ4v) is 5.52. The third-order valence-electron chi connectivity index (χ3n) is 6.90. The average molecular weight is 514 g/mol. The number of nitrogens with one attached hydrogen (secondary N) is 2. The monoisotopic (exact) mass is 513 g/mol. The highest BCUT2D eigenvalue weighted by Gasteiger charge is 2.24. The first-order chi connectivity index (χ1) is 17.0. The van der Waals surface area contributed by atoms with Gasteiger partial charge in [-0.25, -0.2) is 13.1 Å². The molecular formula is C28H39N3O4S. The molecule has 2 N–H and O–H groups in total. The van der Waals surface area contributed by atoms with E-state index in [0.717, 1.165) is 36.8 Å². The molecule has 36 heavy (non-hydrogen) atoms. The van der Waals surface area contributed by atoms with Gasteiger partial charge in [0.15, 0.2) is 0 Å². The van der Waals surface area contributed by atoms with Crippen LogP contribution in [0, 0.1) is 5.92 Å². The van der Waals surface area contributed by atoms with Crippen LogP contribution >= 0.6 is 0 Å². The largest absolute Gasteiger partial charge is 0.359 e. The van der Waals surface area contributed by atoms with E-state index in [9.17, 15) is 18.0 Å². The van der Waals surface area contributed by atoms with Crippen LogP contribution in [0.4, 0.5) is 0 Å². The van der Waals surface area contributed by atoms with Crippen molar-refractivity contribution in [1.82, 2.24) is 14.9 Å². The highest BCUT2D eigenvalue weighted by Crippen LogP contribution is 2.27. The number of rotatable bonds is 9. The van der Waals surface area contributed by atoms with Crippen LogP contribution in [0.15, 0.2) is 53.4 Å². The number of nitrogens with zero attached hydrogens (tertiary/aromatic N) is 1. The summed E-state index contributed by atoms with van der Waals surface area (Å²) in [6.07, 6.45) is 4.10. The fraction of sp³-hybridized carbons (Fsp3) is 0.500. The highest BCUT2D eigenvalue weighted by molar-refractivity contribution is 7.89. The third-order valence-corrected chi connectivity index (χ3v) is 8.30. The molecule has 0 aliphatic carbocycles. The molecule has 0 radical (unpaired) electrons. The van der Waals surface area contributed by atoms with Crippen LogP contribution in [0.2, 0.25) is 0 Å². The Kier molecular flexibility index (Phi) is 9.30. The molecule has 2 aromatic carbocycles. The predicted octanol–water partition coefficient (Wildman–Crippen LogP) is 4.08. The number of benzene rings is 2. The van der Waals surface area contributed by atoms with Crippen LogP contribution < -0.4 is 10.0 Å². The van der Waals surface area contributed by atoms with Gasteiger partial charge in [0.05, 0.1) is 11.4 Å². The van der Waals surface area contributed by atoms with Gasteiger partial charge in [-0.05, 0) is 65.8 Å². The lowest BCUT2D eigenvalue weighted by Crippen LogP contribution is -2.44. The van der Waals surface area contributed by atoms with Gasteiger partial charge in [-0.2, -0.15) is 0 Å². The summed E-state index contributed by atoms with van der Waals surface area (Å²) in [4.78, 5) is 25.9. The SMILES string of the molecule is CNC(=O)CCCC1CCN(C(=O)CNS(=O)(=O)c2cccc(-c3ccc(C(C)(C)C)cc3)c2)CC1. The molecule has 1 aliphatic rings. The van der Waals surface area contributed by atoms with Gasteiger partial charge >= 0.3 is 0 Å². The van der Waals surface area contributed by atoms with Gasteiger partial charge in [0.25, 0.3) is 0 Å². The lowest BCUT2D eigenvalue weighted by molar-refractivity contribution is -0.131. The van der Waals surface area contributed by atoms with Crippen molar-refractivity contribution in [3.05, 3.63) is 54.1 Å². The Bertz CT molecular complexity index is 1150. The maximum Gasteiger partial charge on any atom is 0.241 e. The summed E-state index contributed by atoms with van der Waals surface area (Å²) < 4.78 is 28.3. The zero-order chi connectivity index (χ0) is 26.3. The van der Waals surface area contributed by atoms with Crippen molar-refractivity contribution in [1.29, 1.82) is 0 Å². The first-order valence-corrected chi connectivity index (χ1v) is 14.2. The number of hydrogen-bond acceptors (Lipinski definition) is 4. The van der Waals surface area contributed by atoms with Crippen molar-refractivity contribution in [3.8, 4) is 11.1 Å². The molecule has 7 nitrogen and oxygen atoms in total. The van der Waals surface area contributed by atoms with Gasteiger partial charge < -0.3 is 10.2 Å². The first kappa shape index (κ1) is 27.9. The van der Waals surface area contributed by atoms with Crippen LogP contribution in [-0.2, 0) is 25.0 Å². The summed E-state index contributed by atoms with van der Waals surface area (Å²) in [5.41, 5.74) is 3.00. The minimum Gasteiger partial charge on any atom is -0.359 e. The quantitative estimate of drug-likeness (QED) is 0.528. The van der Waals surface area contributed by atoms with Gasteiger partial charge in [-0.1, -0.05) is 57.2 Å². The smallest absolute Gasteiger partial charge is 0.241 e. The van der Waals surface area contributed by atoms with Crippen molar-refractivity contribution in [2.24, 2.45) is 5.92 Å². The van der Waals surface area contributed by atoms with E-state index in [1.54, 1.807) is 30.1 Å². The lowest BCUT2D eigenvalue weighted by Gasteiger charge is -2.32. The first-order valence-electron chi connectivity index (χ1n) is 12.7. The maximum atomic E-state index is 12.9. The van der Waals surface area contributed by atoms with E-state index in [1.165, 1.54) is 5.56 Å². The molecule has 0 saturated carbocycles. The average Bonchev–Trinajstić information content (AvgIpc) is 2.87. The lowest BCUT2D eigenvalue weighted by atomic mass is 9.86. The van der Waals surface area contributed by atoms with Gasteiger partial charge in [0.2, 0.25) is 21.8 Å². The van der Waals surface area contributed by atoms with E-state index in [4.69, 9.17) is 0 Å². The van der Waals surface area contributed by atoms with Crippen LogP contribution in [0.25, 0.3) is 11.1 Å². The normalized spacial score (nSPS) is 15.1. The Hall–Kier alpha value is -2.71. The zero-order valence-electron chi connectivity index (χ0n) is 21.8. The summed E-state index contributed by atoms with van der Waals surface area (Å²) in [6.45, 7) is 7.44. The van der Waals surface area contributed by atoms with E-state index in [0.29, 0.717) is 25.4 Å². The fourth-order valence-electron chi connectivity index (χ4n) is 4.50. The molecule has 1 saturated heterocycles. The van der Waals surface area contributed by atoms with Crippen molar-refractivity contribution in [3.63, 3.8) is 0 Å². The molecule has 1 aliphatic heterocycles. The number of carbonyl (C=O) groups excluding carboxylic acids is 2. The second kappa shape index (κ2) is 12.0. The number of sulfonamides is 1. The highest BCUT2D eigenvalue weighted by atomic mass is 32.2. The number of likely N-dealkylation sites (tertiary alicyclic amines) is 1. The van der Waals surface area contributed by atoms with Crippen molar-refractivity contribution >= 4 is 21.8 Å². The van der Waals surface area contributed by atoms with E-state index < -0.39 is 10.0 Å². The molecule has 1 heterocycles. The third kappa shape index (κ3) is 7.64. The molecule has 0 bridgehead atoms. The Morgan fingerprint density at radius 3 is 2.28 bits per heavy atom. The van der Waals surface area contributed by atoms with E-state index >= 15 is 0 Å². The van der Waals surface area contributed by atoms with Crippen LogP contribution in [0.3, 0.4) is 0 Å². The molecule has 3 rings (SSSR count). The molecule has 0 unspecified atom stereocenters. The molecule has 8 heteroatoms. The molecular weight excluding hydrogens is 474 g/mol. The Morgan fingerprint density at radius 1 is 1.00 bits per heavy atom. The molecule has 2 aromatic rings. The maximum absolute atomic E-state index is 12.9. The van der Waals surface area contributed by atoms with Crippen molar-refractivity contribution < 1.29 is 18.0 Å². The minimum absolute atomic E-state index is 0.0439. The zero-order valence-corrected chi connectivity index (χ0v) is 22.7. The summed E-state index contributed by atoms with van der Waals surface area (Å²) >= 11 is 0. The van der Waals surface area contributed by atoms with Crippen LogP contribution in [0.1, 0.15) is 58.4 Å². The van der Waals surface area contributed by atoms with E-state index in [2.05, 4.69) is 42.9 Å². The Labute approximate surface area is 215 Å². The summed E-state index contributed by atoms with van der Waals surface area (Å²) in [5.74, 6) is 0.339. The number of carbonyl (C=O) groups is 2. The molecule has 0 spiro atoms. The Morgan fingerprint density at radius 2 is 1.67 bits per heavy atom. The van der Waals surface area contributed by atoms with Crippen molar-refractivity contribution in [2.45, 2.75) is 63.2 Å². The minimum atomic E-state index is -3.82. The van der Waals surface area contributed by atoms with Gasteiger partial charge in [-0.15, -0.1) is 0 Å². The van der Waals surface area contributed by atoms with Gasteiger partial charge in [0, 0.05) is 26.6 Å². The number of piperidine rings is 1. The summed E-state index contributed by atoms with van der Waals surface area (Å²) in [5, 5.41) is 2.63.